The molecule has 0 aliphatic rings. The highest BCUT2D eigenvalue weighted by molar-refractivity contribution is 6.18. The van der Waals surface area contributed by atoms with Gasteiger partial charge in [0.2, 0.25) is 0 Å². The van der Waals surface area contributed by atoms with E-state index in [4.69, 9.17) is 15.0 Å². The Hall–Kier alpha value is -12.7. The Morgan fingerprint density at radius 2 is 0.574 bits per heavy atom. The zero-order chi connectivity index (χ0) is 62.1. The summed E-state index contributed by atoms with van der Waals surface area (Å²) in [5.74, 6) is 1.54. The second-order valence-electron chi connectivity index (χ2n) is 23.9. The van der Waals surface area contributed by atoms with E-state index in [1.54, 1.807) is 0 Å². The maximum absolute atomic E-state index is 5.17. The van der Waals surface area contributed by atoms with E-state index in [1.807, 2.05) is 24.3 Å². The lowest BCUT2D eigenvalue weighted by Gasteiger charge is -2.13. The van der Waals surface area contributed by atoms with Crippen LogP contribution in [0.3, 0.4) is 0 Å². The number of rotatable bonds is 9. The van der Waals surface area contributed by atoms with Gasteiger partial charge in [-0.25, -0.2) is 15.0 Å². The summed E-state index contributed by atoms with van der Waals surface area (Å²) in [6.07, 6.45) is 0. The Balaban J connectivity index is 0.000000139. The van der Waals surface area contributed by atoms with Gasteiger partial charge in [0.15, 0.2) is 5.82 Å². The highest BCUT2D eigenvalue weighted by Gasteiger charge is 2.22. The Bertz CT molecular complexity index is 5910. The topological polar surface area (TPSA) is 58.4 Å². The molecule has 0 saturated heterocycles. The first-order valence-electron chi connectivity index (χ1n) is 31.9. The number of fused-ring (bicyclic) bond motifs is 12. The predicted molar refractivity (Wildman–Crippen MR) is 391 cm³/mol. The Morgan fingerprint density at radius 3 is 1.13 bits per heavy atom. The summed E-state index contributed by atoms with van der Waals surface area (Å²) in [6.45, 7) is 0. The number of benzene rings is 13. The van der Waals surface area contributed by atoms with Gasteiger partial charge in [0, 0.05) is 82.8 Å². The molecule has 7 nitrogen and oxygen atoms in total. The van der Waals surface area contributed by atoms with Gasteiger partial charge in [-0.05, 0) is 102 Å². The Labute approximate surface area is 542 Å². The first-order valence-corrected chi connectivity index (χ1v) is 31.9. The van der Waals surface area contributed by atoms with E-state index in [1.165, 1.54) is 81.8 Å². The molecule has 0 aliphatic carbocycles. The van der Waals surface area contributed by atoms with Crippen LogP contribution in [0.2, 0.25) is 0 Å². The summed E-state index contributed by atoms with van der Waals surface area (Å²) in [5.41, 5.74) is 22.2. The van der Waals surface area contributed by atoms with E-state index < -0.39 is 0 Å². The second kappa shape index (κ2) is 22.6. The van der Waals surface area contributed by atoms with Crippen LogP contribution >= 0.6 is 0 Å². The van der Waals surface area contributed by atoms with Crippen molar-refractivity contribution >= 4 is 87.2 Å². The molecule has 7 heteroatoms. The molecule has 440 valence electrons. The van der Waals surface area contributed by atoms with E-state index in [-0.39, 0.29) is 0 Å². The molecule has 13 aromatic carbocycles. The van der Waals surface area contributed by atoms with Crippen molar-refractivity contribution in [1.82, 2.24) is 33.2 Å². The smallest absolute Gasteiger partial charge is 0.162 e. The summed E-state index contributed by atoms with van der Waals surface area (Å²) in [4.78, 5) is 15.4. The second-order valence-corrected chi connectivity index (χ2v) is 23.9. The molecule has 0 fully saturated rings. The van der Waals surface area contributed by atoms with Crippen molar-refractivity contribution in [1.29, 1.82) is 0 Å². The highest BCUT2D eigenvalue weighted by atomic mass is 15.1. The van der Waals surface area contributed by atoms with Crippen LogP contribution in [0.4, 0.5) is 0 Å². The quantitative estimate of drug-likeness (QED) is 0.145. The molecule has 0 amide bonds. The Kier molecular flexibility index (Phi) is 13.1. The van der Waals surface area contributed by atoms with Crippen LogP contribution in [0.5, 0.6) is 0 Å². The van der Waals surface area contributed by atoms with Gasteiger partial charge in [-0.2, -0.15) is 0 Å². The van der Waals surface area contributed by atoms with Crippen molar-refractivity contribution in [2.75, 3.05) is 0 Å². The van der Waals surface area contributed by atoms with Gasteiger partial charge >= 0.3 is 0 Å². The number of aromatic nitrogens is 7. The van der Waals surface area contributed by atoms with E-state index in [0.717, 1.165) is 78.8 Å². The summed E-state index contributed by atoms with van der Waals surface area (Å²) in [5, 5.41) is 9.85. The van der Waals surface area contributed by atoms with Gasteiger partial charge in [0.1, 0.15) is 5.82 Å². The Morgan fingerprint density at radius 1 is 0.191 bits per heavy atom. The number of pyridine rings is 1. The third-order valence-electron chi connectivity index (χ3n) is 18.4. The fourth-order valence-corrected chi connectivity index (χ4v) is 14.3. The van der Waals surface area contributed by atoms with Crippen LogP contribution in [0.25, 0.3) is 166 Å². The minimum absolute atomic E-state index is 0.704. The maximum Gasteiger partial charge on any atom is 0.162 e. The molecule has 0 bridgehead atoms. The molecule has 0 radical (unpaired) electrons. The average Bonchev–Trinajstić information content (AvgIpc) is 1.58. The van der Waals surface area contributed by atoms with Gasteiger partial charge < -0.3 is 13.7 Å². The summed E-state index contributed by atoms with van der Waals surface area (Å²) < 4.78 is 9.44. The molecule has 0 unspecified atom stereocenters. The van der Waals surface area contributed by atoms with Gasteiger partial charge in [0.05, 0.1) is 66.9 Å². The molecule has 94 heavy (non-hydrogen) atoms. The highest BCUT2D eigenvalue weighted by Crippen LogP contribution is 2.43. The van der Waals surface area contributed by atoms with Crippen molar-refractivity contribution in [3.05, 3.63) is 346 Å². The first kappa shape index (κ1) is 54.2. The average molecular weight is 1200 g/mol. The number of nitrogens with zero attached hydrogens (tertiary/aromatic N) is 7. The molecule has 0 atom stereocenters. The van der Waals surface area contributed by atoms with Crippen LogP contribution < -0.4 is 0 Å². The summed E-state index contributed by atoms with van der Waals surface area (Å²) >= 11 is 0. The van der Waals surface area contributed by atoms with Crippen molar-refractivity contribution in [2.45, 2.75) is 0 Å². The fourth-order valence-electron chi connectivity index (χ4n) is 14.3. The minimum Gasteiger partial charge on any atom is -0.309 e. The van der Waals surface area contributed by atoms with Gasteiger partial charge in [-0.15, -0.1) is 0 Å². The molecule has 0 spiro atoms. The lowest BCUT2D eigenvalue weighted by atomic mass is 9.98. The molecule has 19 aromatic rings. The molecule has 0 aliphatic heterocycles. The van der Waals surface area contributed by atoms with Crippen LogP contribution in [0.1, 0.15) is 0 Å². The van der Waals surface area contributed by atoms with E-state index in [9.17, 15) is 0 Å². The normalized spacial score (nSPS) is 11.6. The van der Waals surface area contributed by atoms with E-state index >= 15 is 0 Å². The standard InChI is InChI=1S/C47H31N3.C40H26N4/c1-4-15-32(16-5-1)41-30-36(31-42(48-41)33-17-6-2-7-18-33)50-43-24-12-10-21-38(43)40-29-34(27-28-45(40)50)37-23-14-26-46-47(37)39-22-11-13-25-44(39)49(46)35-19-8-3-9-20-35;1-3-13-27(14-4-1)34-26-39(42-40(41-34)28-15-5-2-6-16-28)44-37-22-12-9-19-32(37)33-25-29(23-24-38(33)44)43-35-20-10-7-17-30(35)31-18-8-11-21-36(31)43/h1-31H;1-26H. The van der Waals surface area contributed by atoms with Gasteiger partial charge in [-0.3, -0.25) is 4.57 Å². The third kappa shape index (κ3) is 9.16. The molecule has 19 rings (SSSR count). The summed E-state index contributed by atoms with van der Waals surface area (Å²) in [7, 11) is 0. The van der Waals surface area contributed by atoms with Crippen molar-refractivity contribution in [3.8, 4) is 79.2 Å². The lowest BCUT2D eigenvalue weighted by Crippen LogP contribution is -2.02. The largest absolute Gasteiger partial charge is 0.309 e. The number of hydrogen-bond donors (Lipinski definition) is 0. The minimum atomic E-state index is 0.704. The zero-order valence-electron chi connectivity index (χ0n) is 51.0. The molecular weight excluding hydrogens is 1140 g/mol. The number of hydrogen-bond acceptors (Lipinski definition) is 3. The molecule has 0 N–H and O–H groups in total. The van der Waals surface area contributed by atoms with Crippen LogP contribution in [-0.2, 0) is 0 Å². The third-order valence-corrected chi connectivity index (χ3v) is 18.4. The molecular formula is C87H57N7. The monoisotopic (exact) mass is 1200 g/mol. The summed E-state index contributed by atoms with van der Waals surface area (Å²) in [6, 6.07) is 123. The number of para-hydroxylation sites is 6. The predicted octanol–water partition coefficient (Wildman–Crippen LogP) is 22.3. The van der Waals surface area contributed by atoms with E-state index in [0.29, 0.717) is 5.82 Å². The van der Waals surface area contributed by atoms with Crippen molar-refractivity contribution < 1.29 is 0 Å². The van der Waals surface area contributed by atoms with Crippen LogP contribution in [-0.4, -0.2) is 33.2 Å². The molecule has 6 aromatic heterocycles. The van der Waals surface area contributed by atoms with Crippen molar-refractivity contribution in [3.63, 3.8) is 0 Å². The van der Waals surface area contributed by atoms with Gasteiger partial charge in [-0.1, -0.05) is 249 Å². The SMILES string of the molecule is c1ccc(-c2cc(-n3c4ccccc4c4cc(-c5cccc6c5c5ccccc5n6-c5ccccc5)ccc43)cc(-c3ccccc3)n2)cc1.c1ccc(-c2cc(-n3c4ccccc4c4cc(-n5c6ccccc6c6ccccc65)ccc43)nc(-c3ccccc3)n2)cc1. The molecule has 6 heterocycles. The zero-order valence-corrected chi connectivity index (χ0v) is 51.0. The van der Waals surface area contributed by atoms with Crippen molar-refractivity contribution in [2.24, 2.45) is 0 Å². The van der Waals surface area contributed by atoms with Crippen LogP contribution in [0, 0.1) is 0 Å². The fraction of sp³-hybridized carbons (Fsp3) is 0. The van der Waals surface area contributed by atoms with Gasteiger partial charge in [0.25, 0.3) is 0 Å². The van der Waals surface area contributed by atoms with Crippen LogP contribution in [0.15, 0.2) is 346 Å². The first-order chi connectivity index (χ1) is 46.6. The maximum atomic E-state index is 5.17. The van der Waals surface area contributed by atoms with E-state index in [2.05, 4.69) is 340 Å². The lowest BCUT2D eigenvalue weighted by molar-refractivity contribution is 1.05. The molecule has 0 saturated carbocycles.